The van der Waals surface area contributed by atoms with Crippen LogP contribution in [0, 0.1) is 0 Å². The molecule has 1 aromatic carbocycles. The topological polar surface area (TPSA) is 66.6 Å². The summed E-state index contributed by atoms with van der Waals surface area (Å²) >= 11 is 1.64. The SMILES string of the molecule is CCC(=O)N1CSCC1C(=O)N(CCN)CCc1ccccc1. The van der Waals surface area contributed by atoms with Gasteiger partial charge in [-0.2, -0.15) is 0 Å². The van der Waals surface area contributed by atoms with Crippen molar-refractivity contribution >= 4 is 23.6 Å². The second kappa shape index (κ2) is 8.93. The summed E-state index contributed by atoms with van der Waals surface area (Å²) < 4.78 is 0. The Labute approximate surface area is 142 Å². The summed E-state index contributed by atoms with van der Waals surface area (Å²) in [6.45, 7) is 3.43. The van der Waals surface area contributed by atoms with Gasteiger partial charge in [0.1, 0.15) is 6.04 Å². The van der Waals surface area contributed by atoms with E-state index >= 15 is 0 Å². The second-order valence-corrected chi connectivity index (χ2v) is 6.58. The van der Waals surface area contributed by atoms with Crippen LogP contribution >= 0.6 is 11.8 Å². The van der Waals surface area contributed by atoms with Crippen molar-refractivity contribution in [1.82, 2.24) is 9.80 Å². The van der Waals surface area contributed by atoms with Crippen molar-refractivity contribution in [3.8, 4) is 0 Å². The van der Waals surface area contributed by atoms with Gasteiger partial charge >= 0.3 is 0 Å². The molecule has 23 heavy (non-hydrogen) atoms. The molecule has 1 unspecified atom stereocenters. The fourth-order valence-electron chi connectivity index (χ4n) is 2.70. The van der Waals surface area contributed by atoms with Crippen molar-refractivity contribution in [3.63, 3.8) is 0 Å². The Kier molecular flexibility index (Phi) is 6.92. The highest BCUT2D eigenvalue weighted by Crippen LogP contribution is 2.23. The molecule has 5 nitrogen and oxygen atoms in total. The number of hydrogen-bond donors (Lipinski definition) is 1. The van der Waals surface area contributed by atoms with Gasteiger partial charge in [0.05, 0.1) is 5.88 Å². The molecule has 1 fully saturated rings. The molecule has 0 saturated carbocycles. The van der Waals surface area contributed by atoms with Crippen LogP contribution in [-0.2, 0) is 16.0 Å². The van der Waals surface area contributed by atoms with Crippen LogP contribution in [0.4, 0.5) is 0 Å². The molecule has 1 atom stereocenters. The third-order valence-corrected chi connectivity index (χ3v) is 5.03. The number of hydrogen-bond acceptors (Lipinski definition) is 4. The summed E-state index contributed by atoms with van der Waals surface area (Å²) in [7, 11) is 0. The van der Waals surface area contributed by atoms with Crippen molar-refractivity contribution in [2.75, 3.05) is 31.3 Å². The fraction of sp³-hybridized carbons (Fsp3) is 0.529. The van der Waals surface area contributed by atoms with Gasteiger partial charge in [-0.15, -0.1) is 11.8 Å². The Morgan fingerprint density at radius 1 is 1.30 bits per heavy atom. The van der Waals surface area contributed by atoms with E-state index in [1.807, 2.05) is 25.1 Å². The molecule has 2 rings (SSSR count). The smallest absolute Gasteiger partial charge is 0.246 e. The molecule has 2 N–H and O–H groups in total. The Morgan fingerprint density at radius 3 is 2.70 bits per heavy atom. The van der Waals surface area contributed by atoms with Gasteiger partial charge in [-0.1, -0.05) is 37.3 Å². The number of carbonyl (C=O) groups is 2. The highest BCUT2D eigenvalue weighted by atomic mass is 32.2. The number of nitrogens with two attached hydrogens (primary N) is 1. The van der Waals surface area contributed by atoms with Crippen LogP contribution in [-0.4, -0.2) is 58.9 Å². The second-order valence-electron chi connectivity index (χ2n) is 5.58. The van der Waals surface area contributed by atoms with Crippen molar-refractivity contribution < 1.29 is 9.59 Å². The molecule has 1 heterocycles. The average molecular weight is 335 g/mol. The average Bonchev–Trinajstić information content (AvgIpc) is 3.08. The van der Waals surface area contributed by atoms with E-state index in [4.69, 9.17) is 5.73 Å². The van der Waals surface area contributed by atoms with Gasteiger partial charge in [0.15, 0.2) is 0 Å². The number of amides is 2. The summed E-state index contributed by atoms with van der Waals surface area (Å²) in [6.07, 6.45) is 1.24. The lowest BCUT2D eigenvalue weighted by Gasteiger charge is -2.29. The zero-order valence-corrected chi connectivity index (χ0v) is 14.4. The Morgan fingerprint density at radius 2 is 2.04 bits per heavy atom. The fourth-order valence-corrected chi connectivity index (χ4v) is 3.88. The first-order valence-corrected chi connectivity index (χ1v) is 9.22. The standard InChI is InChI=1S/C17H25N3O2S/c1-2-16(21)20-13-23-12-15(20)17(22)19(11-9-18)10-8-14-6-4-3-5-7-14/h3-7,15H,2,8-13,18H2,1H3. The zero-order chi connectivity index (χ0) is 16.7. The van der Waals surface area contributed by atoms with E-state index in [2.05, 4.69) is 12.1 Å². The first kappa shape index (κ1) is 17.8. The van der Waals surface area contributed by atoms with Gasteiger partial charge in [-0.3, -0.25) is 9.59 Å². The minimum Gasteiger partial charge on any atom is -0.339 e. The van der Waals surface area contributed by atoms with Crippen LogP contribution in [0.3, 0.4) is 0 Å². The minimum absolute atomic E-state index is 0.0261. The van der Waals surface area contributed by atoms with Gasteiger partial charge in [-0.05, 0) is 12.0 Å². The molecule has 0 aromatic heterocycles. The Bertz CT molecular complexity index is 524. The summed E-state index contributed by atoms with van der Waals surface area (Å²) in [5.41, 5.74) is 6.87. The maximum atomic E-state index is 12.9. The Balaban J connectivity index is 2.01. The molecular weight excluding hydrogens is 310 g/mol. The highest BCUT2D eigenvalue weighted by molar-refractivity contribution is 7.99. The van der Waals surface area contributed by atoms with Gasteiger partial charge in [0, 0.05) is 31.8 Å². The molecule has 2 amide bonds. The maximum Gasteiger partial charge on any atom is 0.246 e. The summed E-state index contributed by atoms with van der Waals surface area (Å²) in [5.74, 6) is 1.36. The van der Waals surface area contributed by atoms with Gasteiger partial charge in [-0.25, -0.2) is 0 Å². The van der Waals surface area contributed by atoms with Gasteiger partial charge < -0.3 is 15.5 Å². The lowest BCUT2D eigenvalue weighted by atomic mass is 10.1. The molecule has 0 aliphatic carbocycles. The molecule has 0 bridgehead atoms. The van der Waals surface area contributed by atoms with Gasteiger partial charge in [0.2, 0.25) is 11.8 Å². The van der Waals surface area contributed by atoms with Crippen molar-refractivity contribution in [3.05, 3.63) is 35.9 Å². The van der Waals surface area contributed by atoms with E-state index in [0.29, 0.717) is 37.7 Å². The lowest BCUT2D eigenvalue weighted by Crippen LogP contribution is -2.50. The predicted octanol–water partition coefficient (Wildman–Crippen LogP) is 1.33. The molecule has 1 aromatic rings. The predicted molar refractivity (Wildman–Crippen MR) is 94.0 cm³/mol. The zero-order valence-electron chi connectivity index (χ0n) is 13.6. The van der Waals surface area contributed by atoms with E-state index in [-0.39, 0.29) is 17.9 Å². The van der Waals surface area contributed by atoms with E-state index in [1.165, 1.54) is 5.56 Å². The number of rotatable bonds is 7. The molecule has 0 radical (unpaired) electrons. The normalized spacial score (nSPS) is 17.3. The molecule has 1 saturated heterocycles. The van der Waals surface area contributed by atoms with Crippen LogP contribution in [0.25, 0.3) is 0 Å². The van der Waals surface area contributed by atoms with E-state index in [0.717, 1.165) is 6.42 Å². The van der Waals surface area contributed by atoms with Crippen molar-refractivity contribution in [2.45, 2.75) is 25.8 Å². The number of benzene rings is 1. The van der Waals surface area contributed by atoms with E-state index in [1.54, 1.807) is 21.6 Å². The highest BCUT2D eigenvalue weighted by Gasteiger charge is 2.36. The summed E-state index contributed by atoms with van der Waals surface area (Å²) in [6, 6.07) is 9.76. The summed E-state index contributed by atoms with van der Waals surface area (Å²) in [4.78, 5) is 28.4. The molecule has 126 valence electrons. The molecular formula is C17H25N3O2S. The first-order valence-electron chi connectivity index (χ1n) is 8.07. The largest absolute Gasteiger partial charge is 0.339 e. The van der Waals surface area contributed by atoms with Crippen molar-refractivity contribution in [1.29, 1.82) is 0 Å². The first-order chi connectivity index (χ1) is 11.2. The van der Waals surface area contributed by atoms with Crippen LogP contribution in [0.2, 0.25) is 0 Å². The van der Waals surface area contributed by atoms with Crippen LogP contribution in [0.5, 0.6) is 0 Å². The van der Waals surface area contributed by atoms with E-state index < -0.39 is 0 Å². The minimum atomic E-state index is -0.338. The molecule has 1 aliphatic rings. The molecule has 1 aliphatic heterocycles. The van der Waals surface area contributed by atoms with Crippen LogP contribution in [0.1, 0.15) is 18.9 Å². The lowest BCUT2D eigenvalue weighted by molar-refractivity contribution is -0.143. The molecule has 6 heteroatoms. The Hall–Kier alpha value is -1.53. The van der Waals surface area contributed by atoms with Gasteiger partial charge in [0.25, 0.3) is 0 Å². The third kappa shape index (κ3) is 4.72. The van der Waals surface area contributed by atoms with E-state index in [9.17, 15) is 9.59 Å². The van der Waals surface area contributed by atoms with Crippen LogP contribution < -0.4 is 5.73 Å². The number of nitrogens with zero attached hydrogens (tertiary/aromatic N) is 2. The monoisotopic (exact) mass is 335 g/mol. The number of thioether (sulfide) groups is 1. The quantitative estimate of drug-likeness (QED) is 0.816. The van der Waals surface area contributed by atoms with Crippen LogP contribution in [0.15, 0.2) is 30.3 Å². The van der Waals surface area contributed by atoms with Crippen molar-refractivity contribution in [2.24, 2.45) is 5.73 Å². The maximum absolute atomic E-state index is 12.9. The third-order valence-electron chi connectivity index (χ3n) is 4.01. The number of carbonyl (C=O) groups excluding carboxylic acids is 2. The summed E-state index contributed by atoms with van der Waals surface area (Å²) in [5, 5.41) is 0. The molecule has 0 spiro atoms.